The minimum Gasteiger partial charge on any atom is -0.481 e. The van der Waals surface area contributed by atoms with Gasteiger partial charge in [0.2, 0.25) is 0 Å². The van der Waals surface area contributed by atoms with Crippen molar-refractivity contribution in [1.29, 1.82) is 0 Å². The number of hydrogen-bond acceptors (Lipinski definition) is 5. The number of anilines is 1. The van der Waals surface area contributed by atoms with E-state index in [1.165, 1.54) is 6.20 Å². The highest BCUT2D eigenvalue weighted by atomic mass is 16.4. The molecule has 0 aliphatic rings. The maximum Gasteiger partial charge on any atom is 0.303 e. The number of benzene rings is 1. The molecule has 2 aromatic rings. The number of rotatable bonds is 7. The van der Waals surface area contributed by atoms with E-state index in [9.17, 15) is 14.5 Å². The molecule has 0 spiro atoms. The standard InChI is InChI=1S/C16H15N3O4/c20-15(21)8-7-14(19-23)11-3-5-13(6-4-11)18-16(22)12-2-1-9-17-10-12/h1-6,9-10,14H,7-8H2,(H,18,22)(H,20,21). The number of nitroso groups, excluding NO2 is 1. The highest BCUT2D eigenvalue weighted by Crippen LogP contribution is 2.24. The zero-order valence-electron chi connectivity index (χ0n) is 12.2. The number of hydrogen-bond donors (Lipinski definition) is 2. The Labute approximate surface area is 132 Å². The number of amides is 1. The second-order valence-corrected chi connectivity index (χ2v) is 4.87. The van der Waals surface area contributed by atoms with Gasteiger partial charge in [-0.2, -0.15) is 4.91 Å². The number of aliphatic carboxylic acids is 1. The lowest BCUT2D eigenvalue weighted by atomic mass is 10.0. The molecular formula is C16H15N3O4. The van der Waals surface area contributed by atoms with Crippen LogP contribution < -0.4 is 5.32 Å². The Hall–Kier alpha value is -3.09. The van der Waals surface area contributed by atoms with Crippen molar-refractivity contribution in [2.75, 3.05) is 5.32 Å². The van der Waals surface area contributed by atoms with Crippen LogP contribution in [-0.2, 0) is 4.79 Å². The quantitative estimate of drug-likeness (QED) is 0.764. The van der Waals surface area contributed by atoms with Crippen LogP contribution in [0.25, 0.3) is 0 Å². The fraction of sp³-hybridized carbons (Fsp3) is 0.188. The van der Waals surface area contributed by atoms with Crippen molar-refractivity contribution in [2.45, 2.75) is 18.9 Å². The molecule has 2 rings (SSSR count). The molecule has 0 bridgehead atoms. The Morgan fingerprint density at radius 2 is 1.96 bits per heavy atom. The Morgan fingerprint density at radius 3 is 2.52 bits per heavy atom. The van der Waals surface area contributed by atoms with E-state index in [4.69, 9.17) is 5.11 Å². The van der Waals surface area contributed by atoms with Gasteiger partial charge in [0.05, 0.1) is 5.56 Å². The van der Waals surface area contributed by atoms with Gasteiger partial charge < -0.3 is 10.4 Å². The van der Waals surface area contributed by atoms with E-state index in [0.717, 1.165) is 0 Å². The zero-order chi connectivity index (χ0) is 16.7. The summed E-state index contributed by atoms with van der Waals surface area (Å²) in [6.45, 7) is 0. The van der Waals surface area contributed by atoms with Crippen molar-refractivity contribution in [3.63, 3.8) is 0 Å². The molecule has 7 heteroatoms. The van der Waals surface area contributed by atoms with Gasteiger partial charge in [-0.05, 0) is 36.2 Å². The van der Waals surface area contributed by atoms with Crippen LogP contribution in [0.2, 0.25) is 0 Å². The summed E-state index contributed by atoms with van der Waals surface area (Å²) in [6, 6.07) is 9.18. The number of nitrogens with zero attached hydrogens (tertiary/aromatic N) is 2. The molecular weight excluding hydrogens is 298 g/mol. The Kier molecular flexibility index (Phi) is 5.51. The van der Waals surface area contributed by atoms with Gasteiger partial charge in [0, 0.05) is 24.5 Å². The monoisotopic (exact) mass is 313 g/mol. The van der Waals surface area contributed by atoms with E-state index in [1.807, 2.05) is 0 Å². The molecule has 1 unspecified atom stereocenters. The van der Waals surface area contributed by atoms with E-state index in [2.05, 4.69) is 15.5 Å². The average Bonchev–Trinajstić information content (AvgIpc) is 2.57. The maximum absolute atomic E-state index is 12.0. The van der Waals surface area contributed by atoms with Crippen LogP contribution in [0.15, 0.2) is 54.0 Å². The number of carboxylic acid groups (broad SMARTS) is 1. The van der Waals surface area contributed by atoms with Crippen molar-refractivity contribution in [2.24, 2.45) is 5.18 Å². The number of pyridine rings is 1. The van der Waals surface area contributed by atoms with E-state index in [-0.39, 0.29) is 18.7 Å². The molecule has 1 amide bonds. The molecule has 1 aromatic heterocycles. The largest absolute Gasteiger partial charge is 0.481 e. The van der Waals surface area contributed by atoms with Crippen LogP contribution >= 0.6 is 0 Å². The average molecular weight is 313 g/mol. The number of carbonyl (C=O) groups is 2. The Morgan fingerprint density at radius 1 is 1.22 bits per heavy atom. The summed E-state index contributed by atoms with van der Waals surface area (Å²) in [7, 11) is 0. The van der Waals surface area contributed by atoms with Gasteiger partial charge in [0.25, 0.3) is 5.91 Å². The lowest BCUT2D eigenvalue weighted by Crippen LogP contribution is -2.12. The zero-order valence-corrected chi connectivity index (χ0v) is 12.2. The van der Waals surface area contributed by atoms with Gasteiger partial charge in [0.15, 0.2) is 0 Å². The molecule has 0 fully saturated rings. The normalized spacial score (nSPS) is 11.5. The van der Waals surface area contributed by atoms with Gasteiger partial charge in [-0.1, -0.05) is 17.3 Å². The molecule has 118 valence electrons. The highest BCUT2D eigenvalue weighted by molar-refractivity contribution is 6.03. The van der Waals surface area contributed by atoms with E-state index < -0.39 is 12.0 Å². The topological polar surface area (TPSA) is 109 Å². The summed E-state index contributed by atoms with van der Waals surface area (Å²) >= 11 is 0. The third-order valence-electron chi connectivity index (χ3n) is 3.24. The summed E-state index contributed by atoms with van der Waals surface area (Å²) in [5.41, 5.74) is 1.61. The molecule has 7 nitrogen and oxygen atoms in total. The third kappa shape index (κ3) is 4.70. The first kappa shape index (κ1) is 16.3. The van der Waals surface area contributed by atoms with Crippen molar-refractivity contribution < 1.29 is 14.7 Å². The van der Waals surface area contributed by atoms with Crippen LogP contribution in [0.3, 0.4) is 0 Å². The van der Waals surface area contributed by atoms with Crippen molar-refractivity contribution in [3.8, 4) is 0 Å². The third-order valence-corrected chi connectivity index (χ3v) is 3.24. The molecule has 23 heavy (non-hydrogen) atoms. The molecule has 0 saturated carbocycles. The Balaban J connectivity index is 2.02. The second kappa shape index (κ2) is 7.79. The first-order chi connectivity index (χ1) is 11.1. The van der Waals surface area contributed by atoms with Crippen LogP contribution in [0.5, 0.6) is 0 Å². The summed E-state index contributed by atoms with van der Waals surface area (Å²) < 4.78 is 0. The molecule has 1 aromatic carbocycles. The number of carboxylic acids is 1. The minimum atomic E-state index is -0.973. The van der Waals surface area contributed by atoms with Gasteiger partial charge in [0.1, 0.15) is 6.04 Å². The van der Waals surface area contributed by atoms with Crippen LogP contribution in [0, 0.1) is 4.91 Å². The van der Waals surface area contributed by atoms with Crippen molar-refractivity contribution in [3.05, 3.63) is 64.8 Å². The Bertz CT molecular complexity index is 686. The van der Waals surface area contributed by atoms with Crippen molar-refractivity contribution >= 4 is 17.6 Å². The predicted molar refractivity (Wildman–Crippen MR) is 84.0 cm³/mol. The summed E-state index contributed by atoms with van der Waals surface area (Å²) in [4.78, 5) is 37.3. The molecule has 2 N–H and O–H groups in total. The molecule has 1 atom stereocenters. The number of nitrogens with one attached hydrogen (secondary N) is 1. The van der Waals surface area contributed by atoms with Crippen LogP contribution in [0.1, 0.15) is 34.8 Å². The van der Waals surface area contributed by atoms with Crippen LogP contribution in [0.4, 0.5) is 5.69 Å². The minimum absolute atomic E-state index is 0.129. The molecule has 0 aliphatic heterocycles. The number of aromatic nitrogens is 1. The highest BCUT2D eigenvalue weighted by Gasteiger charge is 2.14. The fourth-order valence-corrected chi connectivity index (χ4v) is 2.03. The number of carbonyl (C=O) groups excluding carboxylic acids is 1. The van der Waals surface area contributed by atoms with Crippen molar-refractivity contribution in [1.82, 2.24) is 4.98 Å². The van der Waals surface area contributed by atoms with E-state index in [1.54, 1.807) is 42.6 Å². The summed E-state index contributed by atoms with van der Waals surface area (Å²) in [5, 5.41) is 14.3. The lowest BCUT2D eigenvalue weighted by molar-refractivity contribution is -0.137. The molecule has 0 radical (unpaired) electrons. The van der Waals surface area contributed by atoms with Gasteiger partial charge >= 0.3 is 5.97 Å². The smallest absolute Gasteiger partial charge is 0.303 e. The summed E-state index contributed by atoms with van der Waals surface area (Å²) in [5.74, 6) is -1.26. The van der Waals surface area contributed by atoms with E-state index in [0.29, 0.717) is 16.8 Å². The maximum atomic E-state index is 12.0. The fourth-order valence-electron chi connectivity index (χ4n) is 2.03. The van der Waals surface area contributed by atoms with Gasteiger partial charge in [-0.3, -0.25) is 14.6 Å². The van der Waals surface area contributed by atoms with Gasteiger partial charge in [-0.15, -0.1) is 0 Å². The molecule has 0 saturated heterocycles. The first-order valence-corrected chi connectivity index (χ1v) is 6.95. The second-order valence-electron chi connectivity index (χ2n) is 4.87. The van der Waals surface area contributed by atoms with Gasteiger partial charge in [-0.25, -0.2) is 0 Å². The predicted octanol–water partition coefficient (Wildman–Crippen LogP) is 3.01. The van der Waals surface area contributed by atoms with E-state index >= 15 is 0 Å². The summed E-state index contributed by atoms with van der Waals surface area (Å²) in [6.07, 6.45) is 3.05. The van der Waals surface area contributed by atoms with Crippen LogP contribution in [-0.4, -0.2) is 22.0 Å². The first-order valence-electron chi connectivity index (χ1n) is 6.95. The SMILES string of the molecule is O=NC(CCC(=O)O)c1ccc(NC(=O)c2cccnc2)cc1. The lowest BCUT2D eigenvalue weighted by Gasteiger charge is -2.10. The molecule has 0 aliphatic carbocycles. The molecule has 1 heterocycles.